The van der Waals surface area contributed by atoms with Crippen molar-refractivity contribution in [1.29, 1.82) is 0 Å². The van der Waals surface area contributed by atoms with Gasteiger partial charge < -0.3 is 20.3 Å². The molecule has 2 rings (SSSR count). The second-order valence-electron chi connectivity index (χ2n) is 4.73. The number of hydrogen-bond acceptors (Lipinski definition) is 4. The number of carboxylic acid groups (broad SMARTS) is 1. The van der Waals surface area contributed by atoms with Gasteiger partial charge >= 0.3 is 5.97 Å². The van der Waals surface area contributed by atoms with Gasteiger partial charge in [0.2, 0.25) is 0 Å². The van der Waals surface area contributed by atoms with Crippen molar-refractivity contribution < 1.29 is 19.7 Å². The lowest BCUT2D eigenvalue weighted by molar-refractivity contribution is 0.0381. The minimum atomic E-state index is -0.976. The molecule has 0 saturated carbocycles. The summed E-state index contributed by atoms with van der Waals surface area (Å²) in [6.07, 6.45) is 0.564. The molecule has 0 radical (unpaired) electrons. The molecule has 5 heteroatoms. The Morgan fingerprint density at radius 2 is 2.33 bits per heavy atom. The van der Waals surface area contributed by atoms with Gasteiger partial charge in [0, 0.05) is 25.3 Å². The Morgan fingerprint density at radius 1 is 1.56 bits per heavy atom. The summed E-state index contributed by atoms with van der Waals surface area (Å²) >= 11 is 0. The number of aliphatic hydroxyl groups is 1. The van der Waals surface area contributed by atoms with E-state index in [1.807, 2.05) is 13.0 Å². The normalized spacial score (nSPS) is 23.0. The zero-order chi connectivity index (χ0) is 13.2. The van der Waals surface area contributed by atoms with Crippen LogP contribution in [0.2, 0.25) is 0 Å². The number of nitrogens with one attached hydrogen (secondary N) is 1. The van der Waals surface area contributed by atoms with Gasteiger partial charge in [0.25, 0.3) is 0 Å². The second kappa shape index (κ2) is 4.96. The van der Waals surface area contributed by atoms with E-state index in [0.717, 1.165) is 5.56 Å². The number of carboxylic acids is 1. The fourth-order valence-corrected chi connectivity index (χ4v) is 1.98. The van der Waals surface area contributed by atoms with Crippen LogP contribution >= 0.6 is 0 Å². The number of aryl methyl sites for hydroxylation is 1. The predicted molar refractivity (Wildman–Crippen MR) is 67.0 cm³/mol. The number of carbonyl (C=O) groups is 1. The Hall–Kier alpha value is -1.59. The molecule has 1 fully saturated rings. The fraction of sp³-hybridized carbons (Fsp3) is 0.462. The van der Waals surface area contributed by atoms with Gasteiger partial charge in [-0.05, 0) is 19.1 Å². The molecule has 0 aliphatic carbocycles. The first-order valence-electron chi connectivity index (χ1n) is 5.88. The Balaban J connectivity index is 2.11. The minimum absolute atomic E-state index is 0.220. The zero-order valence-electron chi connectivity index (χ0n) is 10.3. The molecule has 1 atom stereocenters. The zero-order valence-corrected chi connectivity index (χ0v) is 10.3. The monoisotopic (exact) mass is 251 g/mol. The summed E-state index contributed by atoms with van der Waals surface area (Å²) in [5.74, 6) is -0.976. The molecule has 1 heterocycles. The third-order valence-electron chi connectivity index (χ3n) is 3.10. The average molecular weight is 251 g/mol. The summed E-state index contributed by atoms with van der Waals surface area (Å²) in [6.45, 7) is 2.96. The van der Waals surface area contributed by atoms with Crippen LogP contribution in [0.5, 0.6) is 0 Å². The highest BCUT2D eigenvalue weighted by Gasteiger charge is 2.32. The molecule has 3 N–H and O–H groups in total. The van der Waals surface area contributed by atoms with Crippen LogP contribution in [-0.2, 0) is 4.74 Å². The molecule has 1 aromatic rings. The van der Waals surface area contributed by atoms with Crippen LogP contribution in [-0.4, -0.2) is 41.5 Å². The number of aromatic carboxylic acids is 1. The SMILES string of the molecule is Cc1ccc(NCC2(O)CCOC2)c(C(=O)O)c1. The van der Waals surface area contributed by atoms with Gasteiger partial charge in [-0.1, -0.05) is 11.6 Å². The molecular formula is C13H17NO4. The van der Waals surface area contributed by atoms with E-state index in [-0.39, 0.29) is 18.7 Å². The molecule has 1 aromatic carbocycles. The molecule has 0 bridgehead atoms. The van der Waals surface area contributed by atoms with Crippen molar-refractivity contribution in [3.63, 3.8) is 0 Å². The van der Waals surface area contributed by atoms with Crippen LogP contribution in [0.4, 0.5) is 5.69 Å². The Morgan fingerprint density at radius 3 is 2.94 bits per heavy atom. The van der Waals surface area contributed by atoms with Crippen LogP contribution in [0, 0.1) is 6.92 Å². The number of ether oxygens (including phenoxy) is 1. The molecule has 0 spiro atoms. The highest BCUT2D eigenvalue weighted by molar-refractivity contribution is 5.94. The third kappa shape index (κ3) is 2.80. The third-order valence-corrected chi connectivity index (χ3v) is 3.10. The lowest BCUT2D eigenvalue weighted by Gasteiger charge is -2.22. The quantitative estimate of drug-likeness (QED) is 0.750. The summed E-state index contributed by atoms with van der Waals surface area (Å²) < 4.78 is 5.14. The van der Waals surface area contributed by atoms with E-state index in [1.54, 1.807) is 12.1 Å². The summed E-state index contributed by atoms with van der Waals surface area (Å²) in [6, 6.07) is 5.17. The van der Waals surface area contributed by atoms with Crippen molar-refractivity contribution in [2.75, 3.05) is 25.1 Å². The van der Waals surface area contributed by atoms with Crippen molar-refractivity contribution in [2.45, 2.75) is 18.9 Å². The van der Waals surface area contributed by atoms with E-state index in [4.69, 9.17) is 9.84 Å². The molecule has 0 amide bonds. The first kappa shape index (κ1) is 12.9. The molecule has 0 aromatic heterocycles. The van der Waals surface area contributed by atoms with Gasteiger partial charge in [0.1, 0.15) is 5.60 Å². The fourth-order valence-electron chi connectivity index (χ4n) is 1.98. The van der Waals surface area contributed by atoms with E-state index in [1.165, 1.54) is 0 Å². The molecular weight excluding hydrogens is 234 g/mol. The maximum absolute atomic E-state index is 11.1. The van der Waals surface area contributed by atoms with Crippen molar-refractivity contribution in [3.05, 3.63) is 29.3 Å². The Kier molecular flexibility index (Phi) is 3.54. The first-order valence-corrected chi connectivity index (χ1v) is 5.88. The molecule has 5 nitrogen and oxygen atoms in total. The lowest BCUT2D eigenvalue weighted by Crippen LogP contribution is -2.37. The van der Waals surface area contributed by atoms with E-state index in [9.17, 15) is 9.90 Å². The first-order chi connectivity index (χ1) is 8.50. The van der Waals surface area contributed by atoms with Crippen LogP contribution < -0.4 is 5.32 Å². The van der Waals surface area contributed by atoms with E-state index < -0.39 is 11.6 Å². The molecule has 1 aliphatic rings. The highest BCUT2D eigenvalue weighted by Crippen LogP contribution is 2.22. The molecule has 1 aliphatic heterocycles. The number of hydrogen-bond donors (Lipinski definition) is 3. The Labute approximate surface area is 105 Å². The van der Waals surface area contributed by atoms with E-state index >= 15 is 0 Å². The topological polar surface area (TPSA) is 78.8 Å². The smallest absolute Gasteiger partial charge is 0.337 e. The Bertz CT molecular complexity index is 452. The maximum Gasteiger partial charge on any atom is 0.337 e. The van der Waals surface area contributed by atoms with Crippen LogP contribution in [0.3, 0.4) is 0 Å². The molecule has 18 heavy (non-hydrogen) atoms. The van der Waals surface area contributed by atoms with Gasteiger partial charge in [-0.15, -0.1) is 0 Å². The highest BCUT2D eigenvalue weighted by atomic mass is 16.5. The molecule has 1 unspecified atom stereocenters. The van der Waals surface area contributed by atoms with Crippen molar-refractivity contribution in [2.24, 2.45) is 0 Å². The maximum atomic E-state index is 11.1. The molecule has 98 valence electrons. The predicted octanol–water partition coefficient (Wildman–Crippen LogP) is 1.26. The number of benzene rings is 1. The minimum Gasteiger partial charge on any atom is -0.478 e. The number of anilines is 1. The van der Waals surface area contributed by atoms with Crippen molar-refractivity contribution >= 4 is 11.7 Å². The summed E-state index contributed by atoms with van der Waals surface area (Å²) in [5.41, 5.74) is 0.729. The van der Waals surface area contributed by atoms with Crippen molar-refractivity contribution in [1.82, 2.24) is 0 Å². The average Bonchev–Trinajstić information content (AvgIpc) is 2.75. The summed E-state index contributed by atoms with van der Waals surface area (Å²) in [7, 11) is 0. The van der Waals surface area contributed by atoms with Gasteiger partial charge in [-0.25, -0.2) is 4.79 Å². The standard InChI is InChI=1S/C13H17NO4/c1-9-2-3-11(10(6-9)12(15)16)14-7-13(17)4-5-18-8-13/h2-3,6,14,17H,4-5,7-8H2,1H3,(H,15,16). The second-order valence-corrected chi connectivity index (χ2v) is 4.73. The van der Waals surface area contributed by atoms with Gasteiger partial charge in [0.05, 0.1) is 12.2 Å². The summed E-state index contributed by atoms with van der Waals surface area (Å²) in [5, 5.41) is 22.2. The molecule has 1 saturated heterocycles. The van der Waals surface area contributed by atoms with Crippen LogP contribution in [0.25, 0.3) is 0 Å². The van der Waals surface area contributed by atoms with E-state index in [0.29, 0.717) is 18.7 Å². The van der Waals surface area contributed by atoms with E-state index in [2.05, 4.69) is 5.32 Å². The van der Waals surface area contributed by atoms with Crippen LogP contribution in [0.1, 0.15) is 22.3 Å². The van der Waals surface area contributed by atoms with Gasteiger partial charge in [-0.2, -0.15) is 0 Å². The number of rotatable bonds is 4. The largest absolute Gasteiger partial charge is 0.478 e. The van der Waals surface area contributed by atoms with Crippen LogP contribution in [0.15, 0.2) is 18.2 Å². The summed E-state index contributed by atoms with van der Waals surface area (Å²) in [4.78, 5) is 11.1. The van der Waals surface area contributed by atoms with Crippen molar-refractivity contribution in [3.8, 4) is 0 Å². The van der Waals surface area contributed by atoms with Gasteiger partial charge in [-0.3, -0.25) is 0 Å². The lowest BCUT2D eigenvalue weighted by atomic mass is 10.0. The van der Waals surface area contributed by atoms with Gasteiger partial charge in [0.15, 0.2) is 0 Å².